The van der Waals surface area contributed by atoms with Gasteiger partial charge in [0.2, 0.25) is 5.91 Å². The van der Waals surface area contributed by atoms with Crippen molar-refractivity contribution in [3.63, 3.8) is 0 Å². The molecule has 0 unspecified atom stereocenters. The van der Waals surface area contributed by atoms with Gasteiger partial charge >= 0.3 is 0 Å². The van der Waals surface area contributed by atoms with E-state index in [2.05, 4.69) is 16.6 Å². The summed E-state index contributed by atoms with van der Waals surface area (Å²) in [6.07, 6.45) is 5.55. The van der Waals surface area contributed by atoms with Crippen LogP contribution in [0.25, 0.3) is 5.69 Å². The highest BCUT2D eigenvalue weighted by Crippen LogP contribution is 2.40. The van der Waals surface area contributed by atoms with Crippen molar-refractivity contribution in [3.8, 4) is 18.0 Å². The molecule has 6 nitrogen and oxygen atoms in total. The first-order chi connectivity index (χ1) is 17.0. The van der Waals surface area contributed by atoms with E-state index in [0.29, 0.717) is 11.4 Å². The number of terminal acetylenes is 1. The maximum absolute atomic E-state index is 13.5. The Morgan fingerprint density at radius 2 is 1.77 bits per heavy atom. The van der Waals surface area contributed by atoms with Gasteiger partial charge in [-0.1, -0.05) is 53.9 Å². The van der Waals surface area contributed by atoms with E-state index in [0.717, 1.165) is 33.6 Å². The zero-order chi connectivity index (χ0) is 24.5. The summed E-state index contributed by atoms with van der Waals surface area (Å²) in [6.45, 7) is 3.84. The fraction of sp³-hybridized carbons (Fsp3) is 0.138. The lowest BCUT2D eigenvalue weighted by atomic mass is 9.81. The number of aryl methyl sites for hydroxylation is 2. The molecule has 2 N–H and O–H groups in total. The second kappa shape index (κ2) is 8.96. The normalized spacial score (nSPS) is 16.7. The van der Waals surface area contributed by atoms with Crippen LogP contribution in [-0.2, 0) is 4.79 Å². The maximum Gasteiger partial charge on any atom is 0.251 e. The molecule has 0 aliphatic carbocycles. The standard InChI is InChI=1S/C29H24N4O2/c1-4-20-13-15-21(16-14-20)25-24-19(3)32-33(23-11-6-5-7-12-23)27(24)31-29(35)26(25)30-28(34)22-10-8-9-18(2)17-22/h1,5-17,25-26H,2-3H3,(H,30,34)(H,31,35)/t25-,26+/m0/s1. The molecule has 35 heavy (non-hydrogen) atoms. The van der Waals surface area contributed by atoms with Crippen LogP contribution in [0.2, 0.25) is 0 Å². The van der Waals surface area contributed by atoms with Crippen LogP contribution >= 0.6 is 0 Å². The van der Waals surface area contributed by atoms with Gasteiger partial charge in [-0.3, -0.25) is 9.59 Å². The summed E-state index contributed by atoms with van der Waals surface area (Å²) in [5.41, 5.74) is 5.54. The van der Waals surface area contributed by atoms with Crippen molar-refractivity contribution in [2.24, 2.45) is 0 Å². The summed E-state index contributed by atoms with van der Waals surface area (Å²) in [7, 11) is 0. The molecule has 5 rings (SSSR count). The number of fused-ring (bicyclic) bond motifs is 1. The van der Waals surface area contributed by atoms with Crippen LogP contribution in [0.3, 0.4) is 0 Å². The molecule has 0 fully saturated rings. The number of carbonyl (C=O) groups is 2. The first kappa shape index (κ1) is 22.2. The van der Waals surface area contributed by atoms with Gasteiger partial charge in [-0.05, 0) is 55.8 Å². The molecule has 2 heterocycles. The van der Waals surface area contributed by atoms with Gasteiger partial charge in [-0.2, -0.15) is 5.10 Å². The third kappa shape index (κ3) is 4.09. The molecule has 0 spiro atoms. The lowest BCUT2D eigenvalue weighted by Crippen LogP contribution is -2.50. The second-order valence-electron chi connectivity index (χ2n) is 8.65. The zero-order valence-corrected chi connectivity index (χ0v) is 19.4. The highest BCUT2D eigenvalue weighted by atomic mass is 16.2. The number of nitrogens with zero attached hydrogens (tertiary/aromatic N) is 2. The Hall–Kier alpha value is -4.63. The molecular formula is C29H24N4O2. The van der Waals surface area contributed by atoms with E-state index < -0.39 is 12.0 Å². The molecule has 0 saturated heterocycles. The second-order valence-corrected chi connectivity index (χ2v) is 8.65. The van der Waals surface area contributed by atoms with Crippen molar-refractivity contribution >= 4 is 17.6 Å². The molecule has 1 aliphatic rings. The number of anilines is 1. The number of carbonyl (C=O) groups excluding carboxylic acids is 2. The third-order valence-corrected chi connectivity index (χ3v) is 6.28. The highest BCUT2D eigenvalue weighted by Gasteiger charge is 2.41. The number of para-hydroxylation sites is 1. The molecule has 4 aromatic rings. The minimum atomic E-state index is -0.834. The van der Waals surface area contributed by atoms with E-state index in [1.54, 1.807) is 16.8 Å². The monoisotopic (exact) mass is 460 g/mol. The van der Waals surface area contributed by atoms with Crippen molar-refractivity contribution in [2.45, 2.75) is 25.8 Å². The van der Waals surface area contributed by atoms with Gasteiger partial charge in [-0.15, -0.1) is 6.42 Å². The molecule has 2 amide bonds. The van der Waals surface area contributed by atoms with E-state index in [-0.39, 0.29) is 11.8 Å². The average molecular weight is 461 g/mol. The molecule has 3 aromatic carbocycles. The van der Waals surface area contributed by atoms with E-state index in [4.69, 9.17) is 11.5 Å². The van der Waals surface area contributed by atoms with Crippen LogP contribution in [0.5, 0.6) is 0 Å². The number of aromatic nitrogens is 2. The average Bonchev–Trinajstić information content (AvgIpc) is 3.20. The quantitative estimate of drug-likeness (QED) is 0.445. The lowest BCUT2D eigenvalue weighted by Gasteiger charge is -2.33. The molecular weight excluding hydrogens is 436 g/mol. The van der Waals surface area contributed by atoms with Gasteiger partial charge < -0.3 is 10.6 Å². The van der Waals surface area contributed by atoms with E-state index in [1.165, 1.54) is 0 Å². The van der Waals surface area contributed by atoms with Gasteiger partial charge in [0, 0.05) is 22.6 Å². The van der Waals surface area contributed by atoms with Crippen LogP contribution in [0.1, 0.15) is 44.2 Å². The first-order valence-electron chi connectivity index (χ1n) is 11.4. The van der Waals surface area contributed by atoms with Gasteiger partial charge in [0.1, 0.15) is 11.9 Å². The maximum atomic E-state index is 13.5. The van der Waals surface area contributed by atoms with Crippen molar-refractivity contribution in [2.75, 3.05) is 5.32 Å². The predicted molar refractivity (Wildman–Crippen MR) is 136 cm³/mol. The number of benzene rings is 3. The van der Waals surface area contributed by atoms with Crippen LogP contribution in [-0.4, -0.2) is 27.6 Å². The van der Waals surface area contributed by atoms with Crippen LogP contribution in [0, 0.1) is 26.2 Å². The Bertz CT molecular complexity index is 1460. The van der Waals surface area contributed by atoms with Gasteiger partial charge in [-0.25, -0.2) is 4.68 Å². The van der Waals surface area contributed by atoms with Crippen molar-refractivity contribution in [3.05, 3.63) is 112 Å². The van der Waals surface area contributed by atoms with Crippen molar-refractivity contribution in [1.82, 2.24) is 15.1 Å². The van der Waals surface area contributed by atoms with Crippen LogP contribution in [0.4, 0.5) is 5.82 Å². The SMILES string of the molecule is C#Cc1ccc([C@H]2c3c(C)nn(-c4ccccc4)c3NC(=O)[C@@H]2NC(=O)c2cccc(C)c2)cc1. The predicted octanol–water partition coefficient (Wildman–Crippen LogP) is 4.35. The van der Waals surface area contributed by atoms with Crippen molar-refractivity contribution < 1.29 is 9.59 Å². The van der Waals surface area contributed by atoms with Gasteiger partial charge in [0.05, 0.1) is 11.4 Å². The Balaban J connectivity index is 1.62. The fourth-order valence-corrected chi connectivity index (χ4v) is 4.61. The summed E-state index contributed by atoms with van der Waals surface area (Å²) in [6, 6.07) is 23.6. The summed E-state index contributed by atoms with van der Waals surface area (Å²) < 4.78 is 1.74. The minimum Gasteiger partial charge on any atom is -0.339 e. The zero-order valence-electron chi connectivity index (χ0n) is 19.4. The molecule has 0 radical (unpaired) electrons. The number of nitrogens with one attached hydrogen (secondary N) is 2. The largest absolute Gasteiger partial charge is 0.339 e. The molecule has 6 heteroatoms. The third-order valence-electron chi connectivity index (χ3n) is 6.28. The molecule has 1 aliphatic heterocycles. The molecule has 0 saturated carbocycles. The first-order valence-corrected chi connectivity index (χ1v) is 11.4. The van der Waals surface area contributed by atoms with Crippen molar-refractivity contribution in [1.29, 1.82) is 0 Å². The van der Waals surface area contributed by atoms with E-state index >= 15 is 0 Å². The molecule has 1 aromatic heterocycles. The van der Waals surface area contributed by atoms with E-state index in [9.17, 15) is 9.59 Å². The van der Waals surface area contributed by atoms with Gasteiger partial charge in [0.15, 0.2) is 0 Å². The molecule has 172 valence electrons. The Labute approximate surface area is 204 Å². The summed E-state index contributed by atoms with van der Waals surface area (Å²) in [4.78, 5) is 26.7. The lowest BCUT2D eigenvalue weighted by molar-refractivity contribution is -0.118. The Kier molecular flexibility index (Phi) is 5.68. The Morgan fingerprint density at radius 3 is 2.46 bits per heavy atom. The number of hydrogen-bond acceptors (Lipinski definition) is 3. The topological polar surface area (TPSA) is 76.0 Å². The minimum absolute atomic E-state index is 0.304. The molecule has 0 bridgehead atoms. The fourth-order valence-electron chi connectivity index (χ4n) is 4.61. The smallest absolute Gasteiger partial charge is 0.251 e. The van der Waals surface area contributed by atoms with Crippen LogP contribution < -0.4 is 10.6 Å². The number of hydrogen-bond donors (Lipinski definition) is 2. The Morgan fingerprint density at radius 1 is 1.03 bits per heavy atom. The highest BCUT2D eigenvalue weighted by molar-refractivity contribution is 6.04. The molecule has 2 atom stereocenters. The summed E-state index contributed by atoms with van der Waals surface area (Å²) in [5, 5.41) is 10.7. The summed E-state index contributed by atoms with van der Waals surface area (Å²) in [5.74, 6) is 2.17. The van der Waals surface area contributed by atoms with Crippen LogP contribution in [0.15, 0.2) is 78.9 Å². The number of amides is 2. The van der Waals surface area contributed by atoms with Gasteiger partial charge in [0.25, 0.3) is 5.91 Å². The van der Waals surface area contributed by atoms with E-state index in [1.807, 2.05) is 80.6 Å². The number of rotatable bonds is 4. The summed E-state index contributed by atoms with van der Waals surface area (Å²) >= 11 is 0.